The van der Waals surface area contributed by atoms with Crippen molar-refractivity contribution in [3.8, 4) is 0 Å². The van der Waals surface area contributed by atoms with Gasteiger partial charge in [0.2, 0.25) is 10.0 Å². The fourth-order valence-corrected chi connectivity index (χ4v) is 2.32. The minimum atomic E-state index is -3.82. The first-order valence-corrected chi connectivity index (χ1v) is 6.28. The Kier molecular flexibility index (Phi) is 3.12. The van der Waals surface area contributed by atoms with Crippen LogP contribution in [0.15, 0.2) is 50.8 Å². The van der Waals surface area contributed by atoms with Crippen LogP contribution in [0.5, 0.6) is 0 Å². The Morgan fingerprint density at radius 2 is 2.12 bits per heavy atom. The van der Waals surface area contributed by atoms with E-state index in [2.05, 4.69) is 9.71 Å². The number of aromatic nitrogens is 1. The number of aromatic amines is 1. The summed E-state index contributed by atoms with van der Waals surface area (Å²) in [5.41, 5.74) is -0.653. The summed E-state index contributed by atoms with van der Waals surface area (Å²) < 4.78 is 30.8. The molecular weight excluding hydrogens is 244 g/mol. The number of hydrogen-bond donors (Lipinski definition) is 2. The smallest absolute Gasteiger partial charge is 0.268 e. The van der Waals surface area contributed by atoms with E-state index in [4.69, 9.17) is 4.42 Å². The van der Waals surface area contributed by atoms with Crippen LogP contribution < -0.4 is 10.3 Å². The van der Waals surface area contributed by atoms with Crippen molar-refractivity contribution in [2.75, 3.05) is 0 Å². The Bertz CT molecular complexity index is 643. The molecule has 0 bridgehead atoms. The van der Waals surface area contributed by atoms with E-state index in [1.165, 1.54) is 24.6 Å². The first kappa shape index (κ1) is 11.6. The summed E-state index contributed by atoms with van der Waals surface area (Å²) in [5, 5.41) is 0. The molecule has 0 saturated carbocycles. The second kappa shape index (κ2) is 4.56. The van der Waals surface area contributed by atoms with Crippen molar-refractivity contribution >= 4 is 10.0 Å². The van der Waals surface area contributed by atoms with E-state index in [9.17, 15) is 13.2 Å². The number of nitrogens with one attached hydrogen (secondary N) is 2. The SMILES string of the molecule is O=c1[nH]cccc1S(=O)(=O)NCc1ccco1. The average molecular weight is 254 g/mol. The molecule has 0 fully saturated rings. The maximum atomic E-state index is 11.8. The zero-order valence-electron chi connectivity index (χ0n) is 8.71. The predicted molar refractivity (Wildman–Crippen MR) is 59.8 cm³/mol. The highest BCUT2D eigenvalue weighted by Gasteiger charge is 2.17. The summed E-state index contributed by atoms with van der Waals surface area (Å²) >= 11 is 0. The van der Waals surface area contributed by atoms with Crippen LogP contribution in [0.3, 0.4) is 0 Å². The monoisotopic (exact) mass is 254 g/mol. The van der Waals surface area contributed by atoms with Crippen molar-refractivity contribution in [3.05, 3.63) is 52.8 Å². The predicted octanol–water partition coefficient (Wildman–Crippen LogP) is 0.446. The van der Waals surface area contributed by atoms with E-state index in [0.29, 0.717) is 5.76 Å². The number of hydrogen-bond acceptors (Lipinski definition) is 4. The fourth-order valence-electron chi connectivity index (χ4n) is 1.27. The summed E-state index contributed by atoms with van der Waals surface area (Å²) in [5.74, 6) is 0.473. The molecule has 2 N–H and O–H groups in total. The zero-order chi connectivity index (χ0) is 12.3. The van der Waals surface area contributed by atoms with Crippen LogP contribution in [0.25, 0.3) is 0 Å². The molecule has 0 atom stereocenters. The molecule has 0 radical (unpaired) electrons. The fraction of sp³-hybridized carbons (Fsp3) is 0.100. The highest BCUT2D eigenvalue weighted by Crippen LogP contribution is 2.04. The Morgan fingerprint density at radius 1 is 1.29 bits per heavy atom. The second-order valence-electron chi connectivity index (χ2n) is 3.27. The molecule has 0 aliphatic rings. The lowest BCUT2D eigenvalue weighted by atomic mass is 10.5. The van der Waals surface area contributed by atoms with E-state index in [-0.39, 0.29) is 11.4 Å². The molecule has 0 unspecified atom stereocenters. The summed E-state index contributed by atoms with van der Waals surface area (Å²) in [4.78, 5) is 13.3. The zero-order valence-corrected chi connectivity index (χ0v) is 9.53. The summed E-state index contributed by atoms with van der Waals surface area (Å²) in [6, 6.07) is 5.98. The molecule has 7 heteroatoms. The van der Waals surface area contributed by atoms with Gasteiger partial charge in [0.05, 0.1) is 12.8 Å². The number of pyridine rings is 1. The van der Waals surface area contributed by atoms with E-state index in [0.717, 1.165) is 0 Å². The quantitative estimate of drug-likeness (QED) is 0.828. The van der Waals surface area contributed by atoms with Gasteiger partial charge in [-0.3, -0.25) is 4.79 Å². The number of rotatable bonds is 4. The molecular formula is C10H10N2O4S. The maximum absolute atomic E-state index is 11.8. The van der Waals surface area contributed by atoms with Crippen LogP contribution >= 0.6 is 0 Å². The molecule has 0 aromatic carbocycles. The largest absolute Gasteiger partial charge is 0.468 e. The Hall–Kier alpha value is -1.86. The molecule has 0 amide bonds. The van der Waals surface area contributed by atoms with Crippen molar-refractivity contribution in [1.82, 2.24) is 9.71 Å². The van der Waals surface area contributed by atoms with E-state index in [1.807, 2.05) is 0 Å². The van der Waals surface area contributed by atoms with Crippen molar-refractivity contribution < 1.29 is 12.8 Å². The van der Waals surface area contributed by atoms with Gasteiger partial charge in [0, 0.05) is 6.20 Å². The molecule has 17 heavy (non-hydrogen) atoms. The van der Waals surface area contributed by atoms with Crippen molar-refractivity contribution in [1.29, 1.82) is 0 Å². The van der Waals surface area contributed by atoms with Gasteiger partial charge in [-0.2, -0.15) is 0 Å². The van der Waals surface area contributed by atoms with Gasteiger partial charge in [0.25, 0.3) is 5.56 Å². The number of H-pyrrole nitrogens is 1. The van der Waals surface area contributed by atoms with Gasteiger partial charge in [-0.05, 0) is 24.3 Å². The normalized spacial score (nSPS) is 11.5. The van der Waals surface area contributed by atoms with Crippen LogP contribution in [-0.4, -0.2) is 13.4 Å². The van der Waals surface area contributed by atoms with Crippen molar-refractivity contribution in [2.45, 2.75) is 11.4 Å². The van der Waals surface area contributed by atoms with Gasteiger partial charge in [-0.25, -0.2) is 13.1 Å². The van der Waals surface area contributed by atoms with Gasteiger partial charge >= 0.3 is 0 Å². The lowest BCUT2D eigenvalue weighted by Crippen LogP contribution is -2.28. The molecule has 2 heterocycles. The molecule has 2 rings (SSSR count). The minimum Gasteiger partial charge on any atom is -0.468 e. The third-order valence-electron chi connectivity index (χ3n) is 2.09. The van der Waals surface area contributed by atoms with Crippen LogP contribution in [0.4, 0.5) is 0 Å². The van der Waals surface area contributed by atoms with E-state index >= 15 is 0 Å². The molecule has 0 aliphatic carbocycles. The molecule has 90 valence electrons. The summed E-state index contributed by atoms with van der Waals surface area (Å²) in [6.07, 6.45) is 2.81. The molecule has 0 spiro atoms. The van der Waals surface area contributed by atoms with Gasteiger partial charge in [-0.15, -0.1) is 0 Å². The first-order valence-electron chi connectivity index (χ1n) is 4.79. The standard InChI is InChI=1S/C10H10N2O4S/c13-10-9(4-1-5-11-10)17(14,15)12-7-8-3-2-6-16-8/h1-6,12H,7H2,(H,11,13). The van der Waals surface area contributed by atoms with Crippen LogP contribution in [0.2, 0.25) is 0 Å². The lowest BCUT2D eigenvalue weighted by molar-refractivity contribution is 0.498. The van der Waals surface area contributed by atoms with Crippen LogP contribution in [0.1, 0.15) is 5.76 Å². The Balaban J connectivity index is 2.20. The summed E-state index contributed by atoms with van der Waals surface area (Å²) in [7, 11) is -3.82. The van der Waals surface area contributed by atoms with Crippen molar-refractivity contribution in [2.24, 2.45) is 0 Å². The molecule has 6 nitrogen and oxygen atoms in total. The van der Waals surface area contributed by atoms with E-state index < -0.39 is 15.6 Å². The third-order valence-corrected chi connectivity index (χ3v) is 3.51. The van der Waals surface area contributed by atoms with Gasteiger partial charge in [0.1, 0.15) is 10.7 Å². The Morgan fingerprint density at radius 3 is 2.76 bits per heavy atom. The molecule has 2 aromatic rings. The van der Waals surface area contributed by atoms with Gasteiger partial charge in [-0.1, -0.05) is 0 Å². The average Bonchev–Trinajstić information content (AvgIpc) is 2.80. The maximum Gasteiger partial charge on any atom is 0.268 e. The number of furan rings is 1. The lowest BCUT2D eigenvalue weighted by Gasteiger charge is -2.03. The van der Waals surface area contributed by atoms with Crippen LogP contribution in [-0.2, 0) is 16.6 Å². The highest BCUT2D eigenvalue weighted by molar-refractivity contribution is 7.89. The Labute approximate surface area is 97.3 Å². The summed E-state index contributed by atoms with van der Waals surface area (Å²) in [6.45, 7) is 0.00364. The van der Waals surface area contributed by atoms with Gasteiger partial charge in [0.15, 0.2) is 0 Å². The molecule has 0 aliphatic heterocycles. The second-order valence-corrected chi connectivity index (χ2v) is 5.00. The van der Waals surface area contributed by atoms with E-state index in [1.54, 1.807) is 12.1 Å². The van der Waals surface area contributed by atoms with Gasteiger partial charge < -0.3 is 9.40 Å². The van der Waals surface area contributed by atoms with Crippen molar-refractivity contribution in [3.63, 3.8) is 0 Å². The molecule has 2 aromatic heterocycles. The van der Waals surface area contributed by atoms with Crippen LogP contribution in [0, 0.1) is 0 Å². The number of sulfonamides is 1. The topological polar surface area (TPSA) is 92.2 Å². The highest BCUT2D eigenvalue weighted by atomic mass is 32.2. The minimum absolute atomic E-state index is 0.00364. The first-order chi connectivity index (χ1) is 8.09. The molecule has 0 saturated heterocycles. The third kappa shape index (κ3) is 2.63.